The number of aryl methyl sites for hydroxylation is 1. The Balaban J connectivity index is 1.93. The summed E-state index contributed by atoms with van der Waals surface area (Å²) in [4.78, 5) is 4.43. The summed E-state index contributed by atoms with van der Waals surface area (Å²) in [6.45, 7) is 1.96. The lowest BCUT2D eigenvalue weighted by atomic mass is 10.2. The molecule has 0 aliphatic heterocycles. The summed E-state index contributed by atoms with van der Waals surface area (Å²) in [7, 11) is 0. The molecule has 3 rings (SSSR count). The average molecular weight is 256 g/mol. The van der Waals surface area contributed by atoms with E-state index in [9.17, 15) is 0 Å². The summed E-state index contributed by atoms with van der Waals surface area (Å²) in [6, 6.07) is 13.6. The topological polar surface area (TPSA) is 48.1 Å². The van der Waals surface area contributed by atoms with Crippen LogP contribution >= 0.6 is 11.3 Å². The van der Waals surface area contributed by atoms with Gasteiger partial charge >= 0.3 is 0 Å². The van der Waals surface area contributed by atoms with Gasteiger partial charge in [0, 0.05) is 5.69 Å². The van der Waals surface area contributed by atoms with Gasteiger partial charge in [0.2, 0.25) is 0 Å². The van der Waals surface area contributed by atoms with Gasteiger partial charge in [-0.05, 0) is 42.8 Å². The Hall–Kier alpha value is -2.07. The van der Waals surface area contributed by atoms with E-state index in [1.165, 1.54) is 11.3 Å². The molecular weight excluding hydrogens is 244 g/mol. The second kappa shape index (κ2) is 4.31. The van der Waals surface area contributed by atoms with Gasteiger partial charge in [-0.3, -0.25) is 0 Å². The van der Waals surface area contributed by atoms with Gasteiger partial charge in [-0.1, -0.05) is 23.5 Å². The van der Waals surface area contributed by atoms with Crippen LogP contribution in [-0.4, -0.2) is 4.98 Å². The predicted octanol–water partition coefficient (Wildman–Crippen LogP) is 3.98. The second-order valence-corrected chi connectivity index (χ2v) is 5.06. The normalized spacial score (nSPS) is 10.7. The molecule has 90 valence electrons. The summed E-state index contributed by atoms with van der Waals surface area (Å²) < 4.78 is 6.88. The zero-order valence-electron chi connectivity index (χ0n) is 9.88. The molecule has 0 bridgehead atoms. The van der Waals surface area contributed by atoms with Gasteiger partial charge in [-0.15, -0.1) is 0 Å². The zero-order chi connectivity index (χ0) is 12.5. The summed E-state index contributed by atoms with van der Waals surface area (Å²) in [6.07, 6.45) is 0. The van der Waals surface area contributed by atoms with Crippen molar-refractivity contribution < 1.29 is 4.74 Å². The van der Waals surface area contributed by atoms with Crippen molar-refractivity contribution in [1.29, 1.82) is 0 Å². The molecule has 3 aromatic rings. The van der Waals surface area contributed by atoms with E-state index in [1.54, 1.807) is 0 Å². The Morgan fingerprint density at radius 2 is 2.00 bits per heavy atom. The molecule has 1 heterocycles. The summed E-state index contributed by atoms with van der Waals surface area (Å²) in [5.74, 6) is 0.765. The van der Waals surface area contributed by atoms with Crippen LogP contribution in [0.3, 0.4) is 0 Å². The van der Waals surface area contributed by atoms with Crippen molar-refractivity contribution in [3.8, 4) is 10.9 Å². The highest BCUT2D eigenvalue weighted by Crippen LogP contribution is 2.31. The number of para-hydroxylation sites is 1. The van der Waals surface area contributed by atoms with Crippen LogP contribution in [0.2, 0.25) is 0 Å². The van der Waals surface area contributed by atoms with Crippen LogP contribution in [0.25, 0.3) is 10.2 Å². The summed E-state index contributed by atoms with van der Waals surface area (Å²) >= 11 is 1.54. The van der Waals surface area contributed by atoms with E-state index in [-0.39, 0.29) is 0 Å². The fourth-order valence-electron chi connectivity index (χ4n) is 1.71. The minimum absolute atomic E-state index is 0.653. The van der Waals surface area contributed by atoms with Crippen LogP contribution in [0.4, 0.5) is 5.69 Å². The number of ether oxygens (including phenoxy) is 1. The standard InChI is InChI=1S/C14H12N2OS/c1-9-8-10(6-7-11(9)15)17-14-16-12-4-2-3-5-13(12)18-14/h2-8H,15H2,1H3. The predicted molar refractivity (Wildman–Crippen MR) is 75.3 cm³/mol. The third-order valence-corrected chi connectivity index (χ3v) is 3.64. The van der Waals surface area contributed by atoms with E-state index < -0.39 is 0 Å². The van der Waals surface area contributed by atoms with Crippen LogP contribution in [0.1, 0.15) is 5.56 Å². The zero-order valence-corrected chi connectivity index (χ0v) is 10.7. The first-order valence-electron chi connectivity index (χ1n) is 5.62. The van der Waals surface area contributed by atoms with Crippen molar-refractivity contribution in [2.45, 2.75) is 6.92 Å². The number of nitrogens with zero attached hydrogens (tertiary/aromatic N) is 1. The third-order valence-electron chi connectivity index (χ3n) is 2.72. The maximum atomic E-state index is 5.77. The minimum atomic E-state index is 0.653. The van der Waals surface area contributed by atoms with Gasteiger partial charge < -0.3 is 10.5 Å². The molecule has 0 unspecified atom stereocenters. The number of fused-ring (bicyclic) bond motifs is 1. The van der Waals surface area contributed by atoms with Crippen LogP contribution in [0.15, 0.2) is 42.5 Å². The molecule has 0 saturated carbocycles. The lowest BCUT2D eigenvalue weighted by molar-refractivity contribution is 0.480. The lowest BCUT2D eigenvalue weighted by Crippen LogP contribution is -1.90. The molecule has 4 heteroatoms. The van der Waals surface area contributed by atoms with E-state index in [0.29, 0.717) is 5.19 Å². The number of hydrogen-bond acceptors (Lipinski definition) is 4. The average Bonchev–Trinajstić information content (AvgIpc) is 2.76. The number of anilines is 1. The van der Waals surface area contributed by atoms with Gasteiger partial charge in [-0.2, -0.15) is 0 Å². The number of benzene rings is 2. The van der Waals surface area contributed by atoms with Crippen LogP contribution in [0.5, 0.6) is 10.9 Å². The van der Waals surface area contributed by atoms with Crippen molar-refractivity contribution in [2.75, 3.05) is 5.73 Å². The molecule has 0 radical (unpaired) electrons. The van der Waals surface area contributed by atoms with E-state index >= 15 is 0 Å². The van der Waals surface area contributed by atoms with Crippen molar-refractivity contribution in [3.05, 3.63) is 48.0 Å². The minimum Gasteiger partial charge on any atom is -0.431 e. The number of aromatic nitrogens is 1. The fourth-order valence-corrected chi connectivity index (χ4v) is 2.54. The Morgan fingerprint density at radius 1 is 1.17 bits per heavy atom. The third kappa shape index (κ3) is 2.02. The Bertz CT molecular complexity index is 673. The molecule has 2 N–H and O–H groups in total. The summed E-state index contributed by atoms with van der Waals surface area (Å²) in [5.41, 5.74) is 8.52. The maximum absolute atomic E-state index is 5.77. The first-order chi connectivity index (χ1) is 8.72. The molecule has 0 atom stereocenters. The van der Waals surface area contributed by atoms with Crippen molar-refractivity contribution in [1.82, 2.24) is 4.98 Å². The molecule has 0 aliphatic carbocycles. The van der Waals surface area contributed by atoms with Gasteiger partial charge in [-0.25, -0.2) is 4.98 Å². The van der Waals surface area contributed by atoms with Gasteiger partial charge in [0.15, 0.2) is 0 Å². The smallest absolute Gasteiger partial charge is 0.279 e. The molecule has 0 saturated heterocycles. The Kier molecular flexibility index (Phi) is 2.64. The number of nitrogens with two attached hydrogens (primary N) is 1. The molecular formula is C14H12N2OS. The number of rotatable bonds is 2. The van der Waals surface area contributed by atoms with Crippen molar-refractivity contribution in [2.24, 2.45) is 0 Å². The molecule has 0 amide bonds. The molecule has 0 fully saturated rings. The van der Waals surface area contributed by atoms with Gasteiger partial charge in [0.05, 0.1) is 10.2 Å². The Labute approximate surface area is 109 Å². The van der Waals surface area contributed by atoms with E-state index in [0.717, 1.165) is 27.2 Å². The molecule has 1 aromatic heterocycles. The highest BCUT2D eigenvalue weighted by molar-refractivity contribution is 7.20. The van der Waals surface area contributed by atoms with Crippen LogP contribution in [0, 0.1) is 6.92 Å². The highest BCUT2D eigenvalue weighted by Gasteiger charge is 2.06. The largest absolute Gasteiger partial charge is 0.431 e. The molecule has 3 nitrogen and oxygen atoms in total. The number of thiazole rings is 1. The van der Waals surface area contributed by atoms with Crippen molar-refractivity contribution >= 4 is 27.2 Å². The van der Waals surface area contributed by atoms with Gasteiger partial charge in [0.1, 0.15) is 5.75 Å². The van der Waals surface area contributed by atoms with Crippen LogP contribution in [-0.2, 0) is 0 Å². The SMILES string of the molecule is Cc1cc(Oc2nc3ccccc3s2)ccc1N. The van der Waals surface area contributed by atoms with E-state index in [1.807, 2.05) is 49.4 Å². The highest BCUT2D eigenvalue weighted by atomic mass is 32.1. The number of hydrogen-bond donors (Lipinski definition) is 1. The van der Waals surface area contributed by atoms with Crippen LogP contribution < -0.4 is 10.5 Å². The molecule has 0 aliphatic rings. The number of nitrogen functional groups attached to an aromatic ring is 1. The summed E-state index contributed by atoms with van der Waals surface area (Å²) in [5, 5.41) is 0.653. The first-order valence-corrected chi connectivity index (χ1v) is 6.43. The van der Waals surface area contributed by atoms with Gasteiger partial charge in [0.25, 0.3) is 5.19 Å². The second-order valence-electron chi connectivity index (χ2n) is 4.07. The van der Waals surface area contributed by atoms with E-state index in [2.05, 4.69) is 4.98 Å². The van der Waals surface area contributed by atoms with E-state index in [4.69, 9.17) is 10.5 Å². The Morgan fingerprint density at radius 3 is 2.78 bits per heavy atom. The first kappa shape index (κ1) is 11.0. The molecule has 18 heavy (non-hydrogen) atoms. The molecule has 2 aromatic carbocycles. The fraction of sp³-hybridized carbons (Fsp3) is 0.0714. The molecule has 0 spiro atoms. The monoisotopic (exact) mass is 256 g/mol. The lowest BCUT2D eigenvalue weighted by Gasteiger charge is -2.04. The van der Waals surface area contributed by atoms with Crippen molar-refractivity contribution in [3.63, 3.8) is 0 Å². The quantitative estimate of drug-likeness (QED) is 0.705. The maximum Gasteiger partial charge on any atom is 0.279 e.